The van der Waals surface area contributed by atoms with Gasteiger partial charge in [-0.1, -0.05) is 12.8 Å². The largest absolute Gasteiger partial charge is 0.506 e. The van der Waals surface area contributed by atoms with Crippen LogP contribution in [0.2, 0.25) is 0 Å². The van der Waals surface area contributed by atoms with E-state index in [-0.39, 0.29) is 5.75 Å². The summed E-state index contributed by atoms with van der Waals surface area (Å²) in [4.78, 5) is 2.41. The summed E-state index contributed by atoms with van der Waals surface area (Å²) in [6, 6.07) is 4.71. The van der Waals surface area contributed by atoms with E-state index < -0.39 is 0 Å². The normalized spacial score (nSPS) is 16.9. The van der Waals surface area contributed by atoms with Gasteiger partial charge in [0.1, 0.15) is 5.75 Å². The first-order valence-electron chi connectivity index (χ1n) is 5.95. The van der Waals surface area contributed by atoms with Crippen LogP contribution in [0.1, 0.15) is 31.2 Å². The summed E-state index contributed by atoms with van der Waals surface area (Å²) >= 11 is 6.74. The van der Waals surface area contributed by atoms with Crippen LogP contribution >= 0.6 is 31.9 Å². The molecule has 1 fully saturated rings. The molecule has 2 rings (SSSR count). The Morgan fingerprint density at radius 2 is 1.76 bits per heavy atom. The molecule has 0 radical (unpaired) electrons. The molecule has 0 spiro atoms. The van der Waals surface area contributed by atoms with Crippen LogP contribution in [-0.4, -0.2) is 23.1 Å². The summed E-state index contributed by atoms with van der Waals surface area (Å²) in [6.45, 7) is 0.933. The lowest BCUT2D eigenvalue weighted by atomic mass is 10.1. The Balaban J connectivity index is 2.07. The molecule has 2 nitrogen and oxygen atoms in total. The van der Waals surface area contributed by atoms with Crippen molar-refractivity contribution in [3.05, 3.63) is 26.6 Å². The lowest BCUT2D eigenvalue weighted by Gasteiger charge is -2.24. The average molecular weight is 363 g/mol. The molecule has 94 valence electrons. The maximum atomic E-state index is 9.67. The molecule has 0 aromatic heterocycles. The van der Waals surface area contributed by atoms with E-state index >= 15 is 0 Å². The molecule has 0 unspecified atom stereocenters. The van der Waals surface area contributed by atoms with E-state index in [1.807, 2.05) is 12.1 Å². The van der Waals surface area contributed by atoms with Crippen LogP contribution in [0.15, 0.2) is 21.1 Å². The first kappa shape index (κ1) is 13.4. The van der Waals surface area contributed by atoms with Gasteiger partial charge in [0.2, 0.25) is 0 Å². The van der Waals surface area contributed by atoms with Gasteiger partial charge >= 0.3 is 0 Å². The first-order valence-corrected chi connectivity index (χ1v) is 7.53. The van der Waals surface area contributed by atoms with Gasteiger partial charge in [-0.2, -0.15) is 0 Å². The molecule has 1 saturated carbocycles. The highest BCUT2D eigenvalue weighted by Gasteiger charge is 2.19. The van der Waals surface area contributed by atoms with E-state index in [0.717, 1.165) is 21.5 Å². The van der Waals surface area contributed by atoms with Crippen molar-refractivity contribution in [2.75, 3.05) is 7.05 Å². The van der Waals surface area contributed by atoms with Gasteiger partial charge in [0.15, 0.2) is 0 Å². The average Bonchev–Trinajstić information content (AvgIpc) is 2.79. The van der Waals surface area contributed by atoms with Gasteiger partial charge in [-0.15, -0.1) is 0 Å². The van der Waals surface area contributed by atoms with Crippen molar-refractivity contribution >= 4 is 31.9 Å². The van der Waals surface area contributed by atoms with Crippen LogP contribution in [-0.2, 0) is 6.54 Å². The van der Waals surface area contributed by atoms with E-state index in [9.17, 15) is 5.11 Å². The van der Waals surface area contributed by atoms with Crippen molar-refractivity contribution in [2.24, 2.45) is 0 Å². The number of aromatic hydroxyl groups is 1. The van der Waals surface area contributed by atoms with E-state index in [1.165, 1.54) is 31.2 Å². The van der Waals surface area contributed by atoms with Gasteiger partial charge in [0, 0.05) is 12.6 Å². The van der Waals surface area contributed by atoms with Crippen molar-refractivity contribution in [1.29, 1.82) is 0 Å². The van der Waals surface area contributed by atoms with Crippen LogP contribution in [0.4, 0.5) is 0 Å². The number of hydrogen-bond donors (Lipinski definition) is 1. The van der Waals surface area contributed by atoms with Gasteiger partial charge < -0.3 is 5.11 Å². The summed E-state index contributed by atoms with van der Waals surface area (Å²) in [5.74, 6) is 0.275. The van der Waals surface area contributed by atoms with Crippen molar-refractivity contribution in [3.63, 3.8) is 0 Å². The first-order chi connectivity index (χ1) is 8.08. The maximum absolute atomic E-state index is 9.67. The second-order valence-electron chi connectivity index (χ2n) is 4.76. The van der Waals surface area contributed by atoms with Crippen LogP contribution in [0.25, 0.3) is 0 Å². The number of phenols is 1. The van der Waals surface area contributed by atoms with Gasteiger partial charge in [-0.3, -0.25) is 4.90 Å². The highest BCUT2D eigenvalue weighted by Crippen LogP contribution is 2.34. The molecule has 0 heterocycles. The quantitative estimate of drug-likeness (QED) is 0.866. The smallest absolute Gasteiger partial charge is 0.143 e. The number of halogens is 2. The molecule has 1 aromatic rings. The monoisotopic (exact) mass is 361 g/mol. The Hall–Kier alpha value is -0.0600. The molecular formula is C13H17Br2NO. The van der Waals surface area contributed by atoms with E-state index in [0.29, 0.717) is 0 Å². The molecule has 0 bridgehead atoms. The zero-order valence-corrected chi connectivity index (χ0v) is 13.1. The Morgan fingerprint density at radius 3 is 2.29 bits per heavy atom. The lowest BCUT2D eigenvalue weighted by Crippen LogP contribution is -2.28. The summed E-state index contributed by atoms with van der Waals surface area (Å²) in [5, 5.41) is 9.67. The molecule has 1 aromatic carbocycles. The maximum Gasteiger partial charge on any atom is 0.143 e. The molecule has 4 heteroatoms. The van der Waals surface area contributed by atoms with Crippen LogP contribution in [0, 0.1) is 0 Å². The summed E-state index contributed by atoms with van der Waals surface area (Å²) in [7, 11) is 2.19. The van der Waals surface area contributed by atoms with Crippen LogP contribution < -0.4 is 0 Å². The molecule has 1 aliphatic rings. The number of benzene rings is 1. The van der Waals surface area contributed by atoms with Gasteiger partial charge in [-0.25, -0.2) is 0 Å². The number of hydrogen-bond acceptors (Lipinski definition) is 2. The fourth-order valence-electron chi connectivity index (χ4n) is 2.47. The van der Waals surface area contributed by atoms with Gasteiger partial charge in [-0.05, 0) is 69.4 Å². The van der Waals surface area contributed by atoms with Gasteiger partial charge in [0.25, 0.3) is 0 Å². The lowest BCUT2D eigenvalue weighted by molar-refractivity contribution is 0.237. The molecule has 17 heavy (non-hydrogen) atoms. The molecule has 0 aliphatic heterocycles. The molecule has 0 atom stereocenters. The molecule has 1 N–H and O–H groups in total. The van der Waals surface area contributed by atoms with Crippen LogP contribution in [0.5, 0.6) is 5.75 Å². The minimum atomic E-state index is 0.275. The number of nitrogens with zero attached hydrogens (tertiary/aromatic N) is 1. The third kappa shape index (κ3) is 3.24. The number of rotatable bonds is 3. The summed E-state index contributed by atoms with van der Waals surface area (Å²) < 4.78 is 1.50. The zero-order chi connectivity index (χ0) is 12.4. The van der Waals surface area contributed by atoms with Crippen molar-refractivity contribution in [3.8, 4) is 5.75 Å². The van der Waals surface area contributed by atoms with Crippen molar-refractivity contribution in [2.45, 2.75) is 38.3 Å². The van der Waals surface area contributed by atoms with E-state index in [4.69, 9.17) is 0 Å². The second-order valence-corrected chi connectivity index (χ2v) is 6.47. The summed E-state index contributed by atoms with van der Waals surface area (Å²) in [6.07, 6.45) is 5.35. The molecule has 0 amide bonds. The highest BCUT2D eigenvalue weighted by atomic mass is 79.9. The molecule has 0 saturated heterocycles. The van der Waals surface area contributed by atoms with E-state index in [1.54, 1.807) is 0 Å². The SMILES string of the molecule is CN(Cc1cc(Br)c(O)c(Br)c1)C1CCCC1. The summed E-state index contributed by atoms with van der Waals surface area (Å²) in [5.41, 5.74) is 1.22. The number of phenolic OH excluding ortho intramolecular Hbond substituents is 1. The minimum Gasteiger partial charge on any atom is -0.506 e. The Labute approximate surface area is 119 Å². The minimum absolute atomic E-state index is 0.275. The topological polar surface area (TPSA) is 23.5 Å². The highest BCUT2D eigenvalue weighted by molar-refractivity contribution is 9.11. The van der Waals surface area contributed by atoms with Gasteiger partial charge in [0.05, 0.1) is 8.95 Å². The van der Waals surface area contributed by atoms with Crippen molar-refractivity contribution in [1.82, 2.24) is 4.90 Å². The molecular weight excluding hydrogens is 346 g/mol. The predicted octanol–water partition coefficient (Wildman–Crippen LogP) is 4.29. The van der Waals surface area contributed by atoms with Crippen LogP contribution in [0.3, 0.4) is 0 Å². The third-order valence-corrected chi connectivity index (χ3v) is 4.67. The van der Waals surface area contributed by atoms with Crippen molar-refractivity contribution < 1.29 is 5.11 Å². The Morgan fingerprint density at radius 1 is 1.24 bits per heavy atom. The fraction of sp³-hybridized carbons (Fsp3) is 0.538. The zero-order valence-electron chi connectivity index (χ0n) is 9.92. The second kappa shape index (κ2) is 5.72. The predicted molar refractivity (Wildman–Crippen MR) is 77.2 cm³/mol. The fourth-order valence-corrected chi connectivity index (χ4v) is 3.75. The standard InChI is InChI=1S/C13H17Br2NO/c1-16(10-4-2-3-5-10)8-9-6-11(14)13(17)12(15)7-9/h6-7,10,17H,2-5,8H2,1H3. The molecule has 1 aliphatic carbocycles. The Kier molecular flexibility index (Phi) is 4.50. The Bertz CT molecular complexity index is 379. The van der Waals surface area contributed by atoms with E-state index in [2.05, 4.69) is 43.8 Å². The third-order valence-electron chi connectivity index (χ3n) is 3.46.